The van der Waals surface area contributed by atoms with Crippen molar-refractivity contribution in [2.75, 3.05) is 6.54 Å². The van der Waals surface area contributed by atoms with E-state index in [0.717, 1.165) is 24.9 Å². The number of hydrogen-bond donors (Lipinski definition) is 2. The maximum absolute atomic E-state index is 13.0. The quantitative estimate of drug-likeness (QED) is 0.737. The largest absolute Gasteiger partial charge is 0.370 e. The summed E-state index contributed by atoms with van der Waals surface area (Å²) < 4.78 is 13.0. The minimum absolute atomic E-state index is 0.276. The SMILES string of the molecule is NC(=O)CCCCNCc1cc(F)cc(Cl)c1. The lowest BCUT2D eigenvalue weighted by Gasteiger charge is -2.05. The molecule has 17 heavy (non-hydrogen) atoms. The van der Waals surface area contributed by atoms with E-state index in [1.54, 1.807) is 6.07 Å². The summed E-state index contributed by atoms with van der Waals surface area (Å²) in [6.07, 6.45) is 2.05. The highest BCUT2D eigenvalue weighted by Crippen LogP contribution is 2.13. The molecule has 0 atom stereocenters. The number of nitrogens with one attached hydrogen (secondary N) is 1. The van der Waals surface area contributed by atoms with E-state index in [1.807, 2.05) is 0 Å². The van der Waals surface area contributed by atoms with Crippen molar-refractivity contribution in [3.63, 3.8) is 0 Å². The van der Waals surface area contributed by atoms with Gasteiger partial charge in [-0.25, -0.2) is 4.39 Å². The van der Waals surface area contributed by atoms with Gasteiger partial charge in [0.15, 0.2) is 0 Å². The van der Waals surface area contributed by atoms with E-state index in [9.17, 15) is 9.18 Å². The van der Waals surface area contributed by atoms with E-state index >= 15 is 0 Å². The van der Waals surface area contributed by atoms with Crippen molar-refractivity contribution < 1.29 is 9.18 Å². The molecule has 3 nitrogen and oxygen atoms in total. The van der Waals surface area contributed by atoms with Crippen LogP contribution < -0.4 is 11.1 Å². The molecule has 0 bridgehead atoms. The Labute approximate surface area is 105 Å². The van der Waals surface area contributed by atoms with Crippen LogP contribution in [0.2, 0.25) is 5.02 Å². The van der Waals surface area contributed by atoms with Gasteiger partial charge in [0.05, 0.1) is 0 Å². The number of nitrogens with two attached hydrogens (primary N) is 1. The second-order valence-corrected chi connectivity index (χ2v) is 4.31. The van der Waals surface area contributed by atoms with Crippen LogP contribution in [0.15, 0.2) is 18.2 Å². The fraction of sp³-hybridized carbons (Fsp3) is 0.417. The first-order chi connectivity index (χ1) is 8.08. The zero-order valence-corrected chi connectivity index (χ0v) is 10.3. The Balaban J connectivity index is 2.20. The van der Waals surface area contributed by atoms with Crippen molar-refractivity contribution in [2.45, 2.75) is 25.8 Å². The first kappa shape index (κ1) is 13.9. The molecule has 94 valence electrons. The fourth-order valence-electron chi connectivity index (χ4n) is 1.49. The number of amides is 1. The third-order valence-corrected chi connectivity index (χ3v) is 2.50. The topological polar surface area (TPSA) is 55.1 Å². The molecule has 0 unspecified atom stereocenters. The third kappa shape index (κ3) is 6.24. The summed E-state index contributed by atoms with van der Waals surface area (Å²) in [7, 11) is 0. The molecule has 0 saturated carbocycles. The molecule has 1 amide bonds. The molecular formula is C12H16ClFN2O. The Bertz CT molecular complexity index is 365. The Morgan fingerprint density at radius 3 is 2.76 bits per heavy atom. The number of unbranched alkanes of at least 4 members (excludes halogenated alkanes) is 1. The number of hydrogen-bond acceptors (Lipinski definition) is 2. The van der Waals surface area contributed by atoms with Gasteiger partial charge in [0.1, 0.15) is 5.82 Å². The summed E-state index contributed by atoms with van der Waals surface area (Å²) in [5.41, 5.74) is 5.83. The van der Waals surface area contributed by atoms with Crippen LogP contribution in [-0.4, -0.2) is 12.5 Å². The van der Waals surface area contributed by atoms with E-state index in [0.29, 0.717) is 18.0 Å². The fourth-order valence-corrected chi connectivity index (χ4v) is 1.74. The highest BCUT2D eigenvalue weighted by Gasteiger charge is 1.99. The predicted molar refractivity (Wildman–Crippen MR) is 66.2 cm³/mol. The zero-order valence-electron chi connectivity index (χ0n) is 9.51. The Morgan fingerprint density at radius 2 is 2.12 bits per heavy atom. The molecule has 1 aromatic rings. The summed E-state index contributed by atoms with van der Waals surface area (Å²) in [4.78, 5) is 10.5. The van der Waals surface area contributed by atoms with Crippen LogP contribution in [0.3, 0.4) is 0 Å². The maximum atomic E-state index is 13.0. The number of carbonyl (C=O) groups is 1. The highest BCUT2D eigenvalue weighted by atomic mass is 35.5. The van der Waals surface area contributed by atoms with Gasteiger partial charge in [-0.3, -0.25) is 4.79 Å². The van der Waals surface area contributed by atoms with Crippen molar-refractivity contribution in [1.82, 2.24) is 5.32 Å². The van der Waals surface area contributed by atoms with Crippen LogP contribution in [0.5, 0.6) is 0 Å². The molecule has 0 aromatic heterocycles. The normalized spacial score (nSPS) is 10.5. The van der Waals surface area contributed by atoms with Crippen molar-refractivity contribution in [2.24, 2.45) is 5.73 Å². The first-order valence-electron chi connectivity index (χ1n) is 5.52. The van der Waals surface area contributed by atoms with Gasteiger partial charge in [-0.15, -0.1) is 0 Å². The number of primary amides is 1. The number of carbonyl (C=O) groups excluding carboxylic acids is 1. The molecule has 0 aliphatic heterocycles. The van der Waals surface area contributed by atoms with Crippen LogP contribution in [0.4, 0.5) is 4.39 Å². The van der Waals surface area contributed by atoms with E-state index in [2.05, 4.69) is 5.32 Å². The molecular weight excluding hydrogens is 243 g/mol. The van der Waals surface area contributed by atoms with Crippen molar-refractivity contribution in [3.8, 4) is 0 Å². The van der Waals surface area contributed by atoms with Crippen molar-refractivity contribution >= 4 is 17.5 Å². The van der Waals surface area contributed by atoms with Gasteiger partial charge in [0.25, 0.3) is 0 Å². The summed E-state index contributed by atoms with van der Waals surface area (Å²) in [5, 5.41) is 3.55. The van der Waals surface area contributed by atoms with Gasteiger partial charge in [0, 0.05) is 18.0 Å². The molecule has 0 aliphatic carbocycles. The Kier molecular flexibility index (Phi) is 5.94. The Morgan fingerprint density at radius 1 is 1.35 bits per heavy atom. The molecule has 0 heterocycles. The van der Waals surface area contributed by atoms with Gasteiger partial charge in [-0.1, -0.05) is 11.6 Å². The zero-order chi connectivity index (χ0) is 12.7. The lowest BCUT2D eigenvalue weighted by Crippen LogP contribution is -2.16. The van der Waals surface area contributed by atoms with Gasteiger partial charge in [-0.2, -0.15) is 0 Å². The smallest absolute Gasteiger partial charge is 0.217 e. The van der Waals surface area contributed by atoms with E-state index in [1.165, 1.54) is 12.1 Å². The predicted octanol–water partition coefficient (Wildman–Crippen LogP) is 2.22. The molecule has 0 radical (unpaired) electrons. The monoisotopic (exact) mass is 258 g/mol. The Hall–Kier alpha value is -1.13. The van der Waals surface area contributed by atoms with Gasteiger partial charge >= 0.3 is 0 Å². The molecule has 1 rings (SSSR count). The lowest BCUT2D eigenvalue weighted by atomic mass is 10.2. The average Bonchev–Trinajstić information content (AvgIpc) is 2.21. The highest BCUT2D eigenvalue weighted by molar-refractivity contribution is 6.30. The first-order valence-corrected chi connectivity index (χ1v) is 5.89. The van der Waals surface area contributed by atoms with Crippen LogP contribution in [-0.2, 0) is 11.3 Å². The summed E-state index contributed by atoms with van der Waals surface area (Å²) in [5.74, 6) is -0.607. The van der Waals surface area contributed by atoms with E-state index < -0.39 is 0 Å². The molecule has 3 N–H and O–H groups in total. The van der Waals surface area contributed by atoms with Crippen LogP contribution in [0, 0.1) is 5.82 Å². The van der Waals surface area contributed by atoms with Crippen LogP contribution in [0.25, 0.3) is 0 Å². The standard InChI is InChI=1S/C12H16ClFN2O/c13-10-5-9(6-11(14)7-10)8-16-4-2-1-3-12(15)17/h5-7,16H,1-4,8H2,(H2,15,17). The van der Waals surface area contributed by atoms with Crippen LogP contribution >= 0.6 is 11.6 Å². The van der Waals surface area contributed by atoms with Gasteiger partial charge in [0.2, 0.25) is 5.91 Å². The molecule has 0 spiro atoms. The van der Waals surface area contributed by atoms with Crippen molar-refractivity contribution in [3.05, 3.63) is 34.6 Å². The second-order valence-electron chi connectivity index (χ2n) is 3.88. The number of benzene rings is 1. The lowest BCUT2D eigenvalue weighted by molar-refractivity contribution is -0.118. The average molecular weight is 259 g/mol. The minimum Gasteiger partial charge on any atom is -0.370 e. The van der Waals surface area contributed by atoms with Crippen molar-refractivity contribution in [1.29, 1.82) is 0 Å². The summed E-state index contributed by atoms with van der Waals surface area (Å²) in [6, 6.07) is 4.45. The number of rotatable bonds is 7. The molecule has 1 aromatic carbocycles. The third-order valence-electron chi connectivity index (χ3n) is 2.28. The minimum atomic E-state index is -0.331. The molecule has 0 aliphatic rings. The molecule has 5 heteroatoms. The molecule has 0 fully saturated rings. The summed E-state index contributed by atoms with van der Waals surface area (Å²) >= 11 is 5.73. The summed E-state index contributed by atoms with van der Waals surface area (Å²) in [6.45, 7) is 1.33. The van der Waals surface area contributed by atoms with Gasteiger partial charge < -0.3 is 11.1 Å². The second kappa shape index (κ2) is 7.25. The number of halogens is 2. The van der Waals surface area contributed by atoms with Crippen LogP contribution in [0.1, 0.15) is 24.8 Å². The van der Waals surface area contributed by atoms with E-state index in [-0.39, 0.29) is 11.7 Å². The maximum Gasteiger partial charge on any atom is 0.217 e. The molecule has 0 saturated heterocycles. The van der Waals surface area contributed by atoms with E-state index in [4.69, 9.17) is 17.3 Å². The van der Waals surface area contributed by atoms with Gasteiger partial charge in [-0.05, 0) is 43.1 Å².